The summed E-state index contributed by atoms with van der Waals surface area (Å²) in [6.45, 7) is 10.2. The molecule has 1 aromatic carbocycles. The fourth-order valence-electron chi connectivity index (χ4n) is 2.99. The Morgan fingerprint density at radius 1 is 1.24 bits per heavy atom. The van der Waals surface area contributed by atoms with Gasteiger partial charge >= 0.3 is 0 Å². The van der Waals surface area contributed by atoms with Crippen LogP contribution >= 0.6 is 0 Å². The average molecular weight is 287 g/mol. The van der Waals surface area contributed by atoms with Crippen molar-refractivity contribution in [2.24, 2.45) is 5.41 Å². The molecule has 0 saturated heterocycles. The fraction of sp³-hybridized carbons (Fsp3) is 0.611. The number of hydrogen-bond donors (Lipinski definition) is 1. The quantitative estimate of drug-likeness (QED) is 0.870. The van der Waals surface area contributed by atoms with E-state index in [1.165, 1.54) is 11.3 Å². The number of aromatic nitrogens is 2. The largest absolute Gasteiger partial charge is 0.328 e. The zero-order valence-corrected chi connectivity index (χ0v) is 14.1. The summed E-state index contributed by atoms with van der Waals surface area (Å²) in [5.74, 6) is 1.21. The Morgan fingerprint density at radius 3 is 2.57 bits per heavy atom. The van der Waals surface area contributed by atoms with Crippen molar-refractivity contribution in [3.05, 3.63) is 30.1 Å². The van der Waals surface area contributed by atoms with Crippen LogP contribution < -0.4 is 5.32 Å². The molecule has 1 unspecified atom stereocenters. The molecule has 0 aliphatic heterocycles. The van der Waals surface area contributed by atoms with Gasteiger partial charge in [0.15, 0.2) is 0 Å². The number of likely N-dealkylation sites (N-methyl/N-ethyl adjacent to an activating group) is 1. The van der Waals surface area contributed by atoms with Gasteiger partial charge in [-0.1, -0.05) is 39.8 Å². The van der Waals surface area contributed by atoms with Gasteiger partial charge in [0.25, 0.3) is 0 Å². The highest BCUT2D eigenvalue weighted by Gasteiger charge is 2.20. The molecule has 1 aromatic heterocycles. The highest BCUT2D eigenvalue weighted by molar-refractivity contribution is 5.75. The molecule has 0 saturated carbocycles. The maximum Gasteiger partial charge on any atom is 0.111 e. The Morgan fingerprint density at radius 2 is 1.95 bits per heavy atom. The van der Waals surface area contributed by atoms with Crippen molar-refractivity contribution in [2.75, 3.05) is 7.05 Å². The van der Waals surface area contributed by atoms with E-state index in [1.807, 2.05) is 0 Å². The summed E-state index contributed by atoms with van der Waals surface area (Å²) in [4.78, 5) is 4.87. The zero-order valence-electron chi connectivity index (χ0n) is 14.1. The molecular formula is C18H29N3. The van der Waals surface area contributed by atoms with Gasteiger partial charge in [0.1, 0.15) is 5.82 Å². The summed E-state index contributed by atoms with van der Waals surface area (Å²) in [5.41, 5.74) is 2.71. The monoisotopic (exact) mass is 287 g/mol. The van der Waals surface area contributed by atoms with Gasteiger partial charge in [-0.15, -0.1) is 0 Å². The first-order chi connectivity index (χ1) is 9.94. The SMILES string of the molecule is CCCn1c(CC(CC(C)(C)C)NC)nc2ccccc21. The normalized spacial score (nSPS) is 13.8. The van der Waals surface area contributed by atoms with Gasteiger partial charge in [-0.05, 0) is 37.4 Å². The molecule has 0 spiro atoms. The van der Waals surface area contributed by atoms with Crippen LogP contribution in [-0.2, 0) is 13.0 Å². The molecule has 2 aromatic rings. The number of imidazole rings is 1. The summed E-state index contributed by atoms with van der Waals surface area (Å²) in [6, 6.07) is 8.94. The molecule has 116 valence electrons. The first-order valence-corrected chi connectivity index (χ1v) is 8.06. The third-order valence-corrected chi connectivity index (χ3v) is 3.88. The molecule has 0 radical (unpaired) electrons. The van der Waals surface area contributed by atoms with Crippen LogP contribution in [0.15, 0.2) is 24.3 Å². The molecule has 0 amide bonds. The second-order valence-corrected chi connectivity index (χ2v) is 7.12. The van der Waals surface area contributed by atoms with Crippen LogP contribution in [0.1, 0.15) is 46.4 Å². The van der Waals surface area contributed by atoms with Crippen LogP contribution in [0, 0.1) is 5.41 Å². The summed E-state index contributed by atoms with van der Waals surface area (Å²) >= 11 is 0. The zero-order chi connectivity index (χ0) is 15.5. The van der Waals surface area contributed by atoms with Crippen LogP contribution in [0.3, 0.4) is 0 Å². The lowest BCUT2D eigenvalue weighted by Gasteiger charge is -2.25. The molecule has 0 bridgehead atoms. The summed E-state index contributed by atoms with van der Waals surface area (Å²) in [6.07, 6.45) is 3.28. The number of rotatable bonds is 6. The first kappa shape index (κ1) is 16.0. The topological polar surface area (TPSA) is 29.9 Å². The van der Waals surface area contributed by atoms with Gasteiger partial charge in [-0.2, -0.15) is 0 Å². The Hall–Kier alpha value is -1.35. The van der Waals surface area contributed by atoms with Crippen molar-refractivity contribution in [3.63, 3.8) is 0 Å². The number of para-hydroxylation sites is 2. The average Bonchev–Trinajstić information content (AvgIpc) is 2.75. The van der Waals surface area contributed by atoms with E-state index in [0.29, 0.717) is 11.5 Å². The van der Waals surface area contributed by atoms with Gasteiger partial charge in [0.05, 0.1) is 11.0 Å². The second-order valence-electron chi connectivity index (χ2n) is 7.12. The van der Waals surface area contributed by atoms with Crippen molar-refractivity contribution in [1.82, 2.24) is 14.9 Å². The molecular weight excluding hydrogens is 258 g/mol. The van der Waals surface area contributed by atoms with E-state index in [2.05, 4.69) is 68.9 Å². The lowest BCUT2D eigenvalue weighted by molar-refractivity contribution is 0.312. The summed E-state index contributed by atoms with van der Waals surface area (Å²) < 4.78 is 2.39. The Balaban J connectivity index is 2.29. The van der Waals surface area contributed by atoms with E-state index in [1.54, 1.807) is 0 Å². The minimum atomic E-state index is 0.329. The maximum absolute atomic E-state index is 4.87. The fourth-order valence-corrected chi connectivity index (χ4v) is 2.99. The van der Waals surface area contributed by atoms with E-state index in [9.17, 15) is 0 Å². The van der Waals surface area contributed by atoms with Gasteiger partial charge in [-0.25, -0.2) is 4.98 Å². The van der Waals surface area contributed by atoms with Crippen LogP contribution in [0.2, 0.25) is 0 Å². The number of benzene rings is 1. The van der Waals surface area contributed by atoms with E-state index in [0.717, 1.165) is 31.3 Å². The highest BCUT2D eigenvalue weighted by atomic mass is 15.1. The molecule has 3 nitrogen and oxygen atoms in total. The van der Waals surface area contributed by atoms with E-state index in [-0.39, 0.29) is 0 Å². The Bertz CT molecular complexity index is 578. The lowest BCUT2D eigenvalue weighted by Crippen LogP contribution is -2.33. The van der Waals surface area contributed by atoms with Gasteiger partial charge in [0.2, 0.25) is 0 Å². The first-order valence-electron chi connectivity index (χ1n) is 8.06. The van der Waals surface area contributed by atoms with E-state index in [4.69, 9.17) is 4.98 Å². The molecule has 0 aliphatic carbocycles. The third kappa shape index (κ3) is 4.07. The standard InChI is InChI=1S/C18H29N3/c1-6-11-21-16-10-8-7-9-15(16)20-17(21)12-14(19-5)13-18(2,3)4/h7-10,14,19H,6,11-13H2,1-5H3. The minimum absolute atomic E-state index is 0.329. The summed E-state index contributed by atoms with van der Waals surface area (Å²) in [5, 5.41) is 3.47. The van der Waals surface area contributed by atoms with Crippen molar-refractivity contribution in [1.29, 1.82) is 0 Å². The number of hydrogen-bond acceptors (Lipinski definition) is 2. The molecule has 21 heavy (non-hydrogen) atoms. The molecule has 0 fully saturated rings. The number of nitrogens with one attached hydrogen (secondary N) is 1. The van der Waals surface area contributed by atoms with E-state index >= 15 is 0 Å². The molecule has 2 rings (SSSR count). The smallest absolute Gasteiger partial charge is 0.111 e. The van der Waals surface area contributed by atoms with Crippen molar-refractivity contribution < 1.29 is 0 Å². The molecule has 1 N–H and O–H groups in total. The number of nitrogens with zero attached hydrogens (tertiary/aromatic N) is 2. The van der Waals surface area contributed by atoms with Crippen LogP contribution in [0.25, 0.3) is 11.0 Å². The van der Waals surface area contributed by atoms with Crippen LogP contribution in [-0.4, -0.2) is 22.6 Å². The lowest BCUT2D eigenvalue weighted by atomic mass is 9.87. The third-order valence-electron chi connectivity index (χ3n) is 3.88. The minimum Gasteiger partial charge on any atom is -0.328 e. The predicted octanol–water partition coefficient (Wildman–Crippen LogP) is 4.01. The maximum atomic E-state index is 4.87. The molecule has 0 aliphatic rings. The van der Waals surface area contributed by atoms with Crippen LogP contribution in [0.5, 0.6) is 0 Å². The van der Waals surface area contributed by atoms with Crippen molar-refractivity contribution >= 4 is 11.0 Å². The van der Waals surface area contributed by atoms with Gasteiger partial charge in [0, 0.05) is 19.0 Å². The Kier molecular flexibility index (Phi) is 5.04. The second kappa shape index (κ2) is 6.61. The molecule has 1 heterocycles. The van der Waals surface area contributed by atoms with Crippen molar-refractivity contribution in [3.8, 4) is 0 Å². The summed E-state index contributed by atoms with van der Waals surface area (Å²) in [7, 11) is 2.06. The Labute approximate surface area is 128 Å². The highest BCUT2D eigenvalue weighted by Crippen LogP contribution is 2.24. The van der Waals surface area contributed by atoms with Gasteiger partial charge in [-0.3, -0.25) is 0 Å². The van der Waals surface area contributed by atoms with Gasteiger partial charge < -0.3 is 9.88 Å². The number of aryl methyl sites for hydroxylation is 1. The van der Waals surface area contributed by atoms with Crippen LogP contribution in [0.4, 0.5) is 0 Å². The van der Waals surface area contributed by atoms with Crippen molar-refractivity contribution in [2.45, 2.75) is 59.5 Å². The van der Waals surface area contributed by atoms with E-state index < -0.39 is 0 Å². The number of fused-ring (bicyclic) bond motifs is 1. The predicted molar refractivity (Wildman–Crippen MR) is 90.6 cm³/mol. The molecule has 1 atom stereocenters. The molecule has 3 heteroatoms.